The molecule has 3 fully saturated rings. The number of aromatic nitrogens is 2. The van der Waals surface area contributed by atoms with Crippen molar-refractivity contribution in [2.24, 2.45) is 11.3 Å². The number of nitrogens with zero attached hydrogens (tertiary/aromatic N) is 2. The average molecular weight is 405 g/mol. The van der Waals surface area contributed by atoms with Crippen LogP contribution in [-0.4, -0.2) is 33.8 Å². The molecule has 5 rings (SSSR count). The third-order valence-corrected chi connectivity index (χ3v) is 6.66. The molecule has 2 aromatic rings. The molecule has 2 heterocycles. The largest absolute Gasteiger partial charge is 0.353 e. The number of nitrogens with one attached hydrogen (secondary N) is 2. The monoisotopic (exact) mass is 404 g/mol. The molecule has 2 amide bonds. The van der Waals surface area contributed by atoms with E-state index in [0.29, 0.717) is 41.0 Å². The summed E-state index contributed by atoms with van der Waals surface area (Å²) in [7, 11) is 0. The van der Waals surface area contributed by atoms with Crippen LogP contribution in [0.5, 0.6) is 0 Å². The van der Waals surface area contributed by atoms with Crippen LogP contribution >= 0.6 is 0 Å². The summed E-state index contributed by atoms with van der Waals surface area (Å²) in [6.45, 7) is 2.69. The Hall–Kier alpha value is -2.89. The minimum Gasteiger partial charge on any atom is -0.353 e. The highest BCUT2D eigenvalue weighted by Crippen LogP contribution is 2.80. The molecule has 0 aliphatic heterocycles. The summed E-state index contributed by atoms with van der Waals surface area (Å²) < 4.78 is 1.77. The van der Waals surface area contributed by atoms with Gasteiger partial charge in [0, 0.05) is 24.2 Å². The molecular formula is C24H28N4O2. The van der Waals surface area contributed by atoms with Gasteiger partial charge in [0.05, 0.1) is 12.1 Å². The average Bonchev–Trinajstić information content (AvgIpc) is 3.51. The van der Waals surface area contributed by atoms with Gasteiger partial charge >= 0.3 is 0 Å². The molecule has 156 valence electrons. The molecule has 3 saturated carbocycles. The number of hydrogen-bond acceptors (Lipinski definition) is 3. The molecule has 0 spiro atoms. The number of carbonyl (C=O) groups is 2. The predicted molar refractivity (Wildman–Crippen MR) is 115 cm³/mol. The van der Waals surface area contributed by atoms with Crippen molar-refractivity contribution < 1.29 is 9.59 Å². The zero-order valence-electron chi connectivity index (χ0n) is 17.4. The van der Waals surface area contributed by atoms with Crippen molar-refractivity contribution in [1.82, 2.24) is 20.0 Å². The zero-order valence-corrected chi connectivity index (χ0v) is 17.4. The van der Waals surface area contributed by atoms with Crippen LogP contribution in [0.15, 0.2) is 48.2 Å². The third-order valence-electron chi connectivity index (χ3n) is 6.66. The smallest absolute Gasteiger partial charge is 0.268 e. The molecule has 2 N–H and O–H groups in total. The van der Waals surface area contributed by atoms with Crippen LogP contribution in [0.4, 0.5) is 0 Å². The van der Waals surface area contributed by atoms with Crippen molar-refractivity contribution in [3.8, 4) is 0 Å². The Bertz CT molecular complexity index is 1060. The summed E-state index contributed by atoms with van der Waals surface area (Å²) in [5, 5.41) is 6.04. The van der Waals surface area contributed by atoms with Crippen molar-refractivity contribution in [3.05, 3.63) is 59.6 Å². The number of allylic oxidation sites excluding steroid dienone is 3. The number of carbonyl (C=O) groups excluding carboxylic acids is 2. The summed E-state index contributed by atoms with van der Waals surface area (Å²) >= 11 is 0. The second-order valence-electron chi connectivity index (χ2n) is 8.72. The Labute approximate surface area is 176 Å². The van der Waals surface area contributed by atoms with E-state index < -0.39 is 0 Å². The number of imidazole rings is 1. The lowest BCUT2D eigenvalue weighted by molar-refractivity contribution is -0.121. The molecule has 2 aromatic heterocycles. The second-order valence-corrected chi connectivity index (χ2v) is 8.72. The maximum Gasteiger partial charge on any atom is 0.268 e. The highest BCUT2D eigenvalue weighted by atomic mass is 16.2. The van der Waals surface area contributed by atoms with Gasteiger partial charge in [0.2, 0.25) is 5.91 Å². The van der Waals surface area contributed by atoms with E-state index in [1.807, 2.05) is 12.1 Å². The first kappa shape index (κ1) is 19.1. The van der Waals surface area contributed by atoms with Gasteiger partial charge < -0.3 is 10.6 Å². The molecule has 0 aromatic carbocycles. The number of hydrogen-bond donors (Lipinski definition) is 2. The van der Waals surface area contributed by atoms with Gasteiger partial charge in [-0.3, -0.25) is 14.0 Å². The lowest BCUT2D eigenvalue weighted by atomic mass is 9.93. The SMILES string of the molecule is CC/C=C\C12CC1/C2=C\CNC(=O)c1cccc2nc(CC(=O)NC3CCC3)cn12. The van der Waals surface area contributed by atoms with Crippen LogP contribution in [0.25, 0.3) is 5.65 Å². The lowest BCUT2D eigenvalue weighted by Gasteiger charge is -2.26. The molecular weight excluding hydrogens is 376 g/mol. The highest BCUT2D eigenvalue weighted by Gasteiger charge is 2.72. The topological polar surface area (TPSA) is 75.5 Å². The second kappa shape index (κ2) is 7.42. The van der Waals surface area contributed by atoms with E-state index in [1.54, 1.807) is 16.7 Å². The number of fused-ring (bicyclic) bond motifs is 2. The molecule has 3 aliphatic carbocycles. The van der Waals surface area contributed by atoms with Crippen molar-refractivity contribution in [2.75, 3.05) is 6.54 Å². The van der Waals surface area contributed by atoms with Gasteiger partial charge in [-0.15, -0.1) is 0 Å². The predicted octanol–water partition coefficient (Wildman–Crippen LogP) is 3.19. The van der Waals surface area contributed by atoms with Crippen LogP contribution in [0.1, 0.15) is 55.2 Å². The molecule has 6 nitrogen and oxygen atoms in total. The van der Waals surface area contributed by atoms with Crippen molar-refractivity contribution in [1.29, 1.82) is 0 Å². The molecule has 2 unspecified atom stereocenters. The Morgan fingerprint density at radius 2 is 2.20 bits per heavy atom. The van der Waals surface area contributed by atoms with E-state index >= 15 is 0 Å². The molecule has 0 radical (unpaired) electrons. The Morgan fingerprint density at radius 3 is 2.93 bits per heavy atom. The summed E-state index contributed by atoms with van der Waals surface area (Å²) in [6, 6.07) is 5.79. The Kier molecular flexibility index (Phi) is 4.72. The zero-order chi connectivity index (χ0) is 20.7. The molecule has 2 atom stereocenters. The van der Waals surface area contributed by atoms with Gasteiger partial charge in [0.1, 0.15) is 11.3 Å². The molecule has 3 aliphatic rings. The summed E-state index contributed by atoms with van der Waals surface area (Å²) in [5.74, 6) is 0.575. The van der Waals surface area contributed by atoms with Crippen molar-refractivity contribution >= 4 is 17.5 Å². The third kappa shape index (κ3) is 3.44. The maximum absolute atomic E-state index is 12.7. The number of pyridine rings is 1. The van der Waals surface area contributed by atoms with Crippen LogP contribution in [-0.2, 0) is 11.2 Å². The molecule has 0 saturated heterocycles. The highest BCUT2D eigenvalue weighted by molar-refractivity contribution is 5.93. The first-order chi connectivity index (χ1) is 14.6. The quantitative estimate of drug-likeness (QED) is 0.664. The van der Waals surface area contributed by atoms with Gasteiger partial charge in [-0.05, 0) is 50.2 Å². The number of amides is 2. The van der Waals surface area contributed by atoms with Crippen molar-refractivity contribution in [3.63, 3.8) is 0 Å². The van der Waals surface area contributed by atoms with Crippen LogP contribution < -0.4 is 10.6 Å². The lowest BCUT2D eigenvalue weighted by Crippen LogP contribution is -2.40. The molecule has 30 heavy (non-hydrogen) atoms. The van der Waals surface area contributed by atoms with Gasteiger partial charge in [-0.25, -0.2) is 4.98 Å². The fourth-order valence-corrected chi connectivity index (χ4v) is 4.48. The number of rotatable bonds is 8. The normalized spacial score (nSPS) is 25.9. The maximum atomic E-state index is 12.7. The fraction of sp³-hybridized carbons (Fsp3) is 0.458. The Morgan fingerprint density at radius 1 is 1.33 bits per heavy atom. The molecule has 0 bridgehead atoms. The van der Waals surface area contributed by atoms with E-state index in [2.05, 4.69) is 40.8 Å². The standard InChI is InChI=1S/C24H28N4O2/c1-2-3-11-24-14-19(24)18(24)10-12-25-23(30)20-8-5-9-21-26-17(15-28(20)21)13-22(29)27-16-6-4-7-16/h3,5,8-11,15-16,19H,2,4,6-7,12-14H2,1H3,(H,25,30)(H,27,29)/b11-3-,18-10+. The van der Waals surface area contributed by atoms with E-state index in [-0.39, 0.29) is 18.2 Å². The van der Waals surface area contributed by atoms with Gasteiger partial charge in [-0.1, -0.05) is 36.8 Å². The minimum atomic E-state index is -0.132. The first-order valence-corrected chi connectivity index (χ1v) is 11.0. The van der Waals surface area contributed by atoms with Crippen LogP contribution in [0, 0.1) is 11.3 Å². The summed E-state index contributed by atoms with van der Waals surface area (Å²) in [5.41, 5.74) is 3.69. The van der Waals surface area contributed by atoms with E-state index in [9.17, 15) is 9.59 Å². The van der Waals surface area contributed by atoms with Crippen LogP contribution in [0.3, 0.4) is 0 Å². The van der Waals surface area contributed by atoms with E-state index in [0.717, 1.165) is 19.3 Å². The van der Waals surface area contributed by atoms with E-state index in [1.165, 1.54) is 18.4 Å². The Balaban J connectivity index is 1.22. The van der Waals surface area contributed by atoms with Crippen molar-refractivity contribution in [2.45, 2.75) is 51.5 Å². The van der Waals surface area contributed by atoms with Gasteiger partial charge in [0.25, 0.3) is 5.91 Å². The van der Waals surface area contributed by atoms with E-state index in [4.69, 9.17) is 0 Å². The van der Waals surface area contributed by atoms with Gasteiger partial charge in [-0.2, -0.15) is 0 Å². The minimum absolute atomic E-state index is 0.00483. The first-order valence-electron chi connectivity index (χ1n) is 11.0. The van der Waals surface area contributed by atoms with Gasteiger partial charge in [0.15, 0.2) is 0 Å². The summed E-state index contributed by atoms with van der Waals surface area (Å²) in [4.78, 5) is 29.5. The molecule has 6 heteroatoms. The fourth-order valence-electron chi connectivity index (χ4n) is 4.48. The van der Waals surface area contributed by atoms with Crippen LogP contribution in [0.2, 0.25) is 0 Å². The summed E-state index contributed by atoms with van der Waals surface area (Å²) in [6.07, 6.45) is 14.4.